The van der Waals surface area contributed by atoms with Gasteiger partial charge in [0, 0.05) is 29.6 Å². The summed E-state index contributed by atoms with van der Waals surface area (Å²) < 4.78 is 37.0. The van der Waals surface area contributed by atoms with E-state index in [1.54, 1.807) is 11.0 Å². The molecule has 1 saturated heterocycles. The fraction of sp³-hybridized carbons (Fsp3) is 0.562. The van der Waals surface area contributed by atoms with E-state index in [1.807, 2.05) is 6.92 Å². The zero-order valence-electron chi connectivity index (χ0n) is 13.1. The minimum absolute atomic E-state index is 0.0455. The first kappa shape index (κ1) is 18.2. The van der Waals surface area contributed by atoms with Crippen molar-refractivity contribution >= 4 is 27.3 Å². The Morgan fingerprint density at radius 1 is 1.35 bits per heavy atom. The maximum absolute atomic E-state index is 14.0. The zero-order chi connectivity index (χ0) is 17.0. The predicted octanol–water partition coefficient (Wildman–Crippen LogP) is 3.04. The van der Waals surface area contributed by atoms with Gasteiger partial charge in [-0.2, -0.15) is 0 Å². The van der Waals surface area contributed by atoms with Crippen LogP contribution in [0, 0.1) is 11.7 Å². The lowest BCUT2D eigenvalue weighted by Crippen LogP contribution is -2.40. The average Bonchev–Trinajstić information content (AvgIpc) is 2.49. The fourth-order valence-corrected chi connectivity index (χ4v) is 4.52. The Bertz CT molecular complexity index is 644. The Kier molecular flexibility index (Phi) is 6.03. The minimum atomic E-state index is -3.01. The van der Waals surface area contributed by atoms with Gasteiger partial charge in [0.25, 0.3) is 0 Å². The van der Waals surface area contributed by atoms with Crippen LogP contribution < -0.4 is 0 Å². The smallest absolute Gasteiger partial charge is 0.226 e. The Morgan fingerprint density at radius 3 is 2.57 bits per heavy atom. The molecule has 1 heterocycles. The molecule has 0 aliphatic carbocycles. The maximum Gasteiger partial charge on any atom is 0.226 e. The van der Waals surface area contributed by atoms with E-state index in [-0.39, 0.29) is 29.9 Å². The Hall–Kier alpha value is -1.14. The van der Waals surface area contributed by atoms with Gasteiger partial charge in [0.05, 0.1) is 11.5 Å². The van der Waals surface area contributed by atoms with Crippen LogP contribution in [0.3, 0.4) is 0 Å². The molecule has 0 aromatic heterocycles. The molecule has 0 bridgehead atoms. The van der Waals surface area contributed by atoms with Crippen LogP contribution in [0.4, 0.5) is 4.39 Å². The highest BCUT2D eigenvalue weighted by Gasteiger charge is 2.31. The lowest BCUT2D eigenvalue weighted by Gasteiger charge is -2.29. The number of rotatable bonds is 5. The second kappa shape index (κ2) is 7.62. The van der Waals surface area contributed by atoms with Gasteiger partial charge in [0.15, 0.2) is 0 Å². The molecule has 0 saturated carbocycles. The molecule has 0 radical (unpaired) electrons. The topological polar surface area (TPSA) is 54.5 Å². The van der Waals surface area contributed by atoms with Gasteiger partial charge in [0.2, 0.25) is 5.91 Å². The van der Waals surface area contributed by atoms with Crippen LogP contribution in [0.1, 0.15) is 31.7 Å². The molecule has 0 unspecified atom stereocenters. The number of hydrogen-bond donors (Lipinski definition) is 0. The van der Waals surface area contributed by atoms with Crippen molar-refractivity contribution in [3.8, 4) is 0 Å². The zero-order valence-corrected chi connectivity index (χ0v) is 14.7. The van der Waals surface area contributed by atoms with E-state index < -0.39 is 15.7 Å². The van der Waals surface area contributed by atoms with Crippen LogP contribution in [0.15, 0.2) is 18.2 Å². The molecule has 23 heavy (non-hydrogen) atoms. The van der Waals surface area contributed by atoms with Crippen molar-refractivity contribution in [3.05, 3.63) is 34.6 Å². The molecule has 7 heteroatoms. The molecule has 128 valence electrons. The number of benzene rings is 1. The van der Waals surface area contributed by atoms with Crippen molar-refractivity contribution in [2.45, 2.75) is 32.7 Å². The van der Waals surface area contributed by atoms with Crippen LogP contribution in [-0.4, -0.2) is 37.3 Å². The van der Waals surface area contributed by atoms with Crippen molar-refractivity contribution in [3.63, 3.8) is 0 Å². The standard InChI is InChI=1S/C16H21ClFNO3S/c1-2-8-19(11-13-14(17)4-3-5-15(13)18)16(20)12-6-9-23(21,22)10-7-12/h3-5,12H,2,6-11H2,1H3. The summed E-state index contributed by atoms with van der Waals surface area (Å²) in [5.41, 5.74) is 0.305. The predicted molar refractivity (Wildman–Crippen MR) is 88.5 cm³/mol. The summed E-state index contributed by atoms with van der Waals surface area (Å²) in [5, 5.41) is 0.296. The van der Waals surface area contributed by atoms with E-state index in [0.29, 0.717) is 30.0 Å². The van der Waals surface area contributed by atoms with Crippen LogP contribution in [0.5, 0.6) is 0 Å². The Labute approximate surface area is 141 Å². The highest BCUT2D eigenvalue weighted by Crippen LogP contribution is 2.25. The second-order valence-corrected chi connectivity index (χ2v) is 8.60. The summed E-state index contributed by atoms with van der Waals surface area (Å²) in [6.45, 7) is 2.54. The van der Waals surface area contributed by atoms with Crippen molar-refractivity contribution in [1.29, 1.82) is 0 Å². The summed E-state index contributed by atoms with van der Waals surface area (Å²) in [7, 11) is -3.01. The van der Waals surface area contributed by atoms with E-state index >= 15 is 0 Å². The molecule has 1 amide bonds. The molecule has 1 aromatic carbocycles. The van der Waals surface area contributed by atoms with Gasteiger partial charge in [-0.1, -0.05) is 24.6 Å². The molecule has 0 spiro atoms. The van der Waals surface area contributed by atoms with Gasteiger partial charge < -0.3 is 4.90 Å². The summed E-state index contributed by atoms with van der Waals surface area (Å²) >= 11 is 6.04. The van der Waals surface area contributed by atoms with E-state index in [2.05, 4.69) is 0 Å². The Morgan fingerprint density at radius 2 is 2.00 bits per heavy atom. The van der Waals surface area contributed by atoms with Gasteiger partial charge in [-0.05, 0) is 31.4 Å². The number of sulfone groups is 1. The molecule has 1 fully saturated rings. The number of hydrogen-bond acceptors (Lipinski definition) is 3. The monoisotopic (exact) mass is 361 g/mol. The average molecular weight is 362 g/mol. The SMILES string of the molecule is CCCN(Cc1c(F)cccc1Cl)C(=O)C1CCS(=O)(=O)CC1. The fourth-order valence-electron chi connectivity index (χ4n) is 2.81. The number of amides is 1. The maximum atomic E-state index is 14.0. The lowest BCUT2D eigenvalue weighted by molar-refractivity contribution is -0.136. The molecule has 1 aliphatic rings. The van der Waals surface area contributed by atoms with E-state index in [4.69, 9.17) is 11.6 Å². The first-order valence-corrected chi connectivity index (χ1v) is 9.96. The normalized spacial score (nSPS) is 17.9. The molecule has 1 aliphatic heterocycles. The number of carbonyl (C=O) groups is 1. The van der Waals surface area contributed by atoms with Crippen LogP contribution in [0.2, 0.25) is 5.02 Å². The number of nitrogens with zero attached hydrogens (tertiary/aromatic N) is 1. The first-order valence-electron chi connectivity index (χ1n) is 7.76. The van der Waals surface area contributed by atoms with Gasteiger partial charge in [-0.3, -0.25) is 4.79 Å². The van der Waals surface area contributed by atoms with E-state index in [0.717, 1.165) is 6.42 Å². The molecule has 0 N–H and O–H groups in total. The molecule has 4 nitrogen and oxygen atoms in total. The van der Waals surface area contributed by atoms with Crippen molar-refractivity contribution in [2.75, 3.05) is 18.1 Å². The van der Waals surface area contributed by atoms with Gasteiger partial charge >= 0.3 is 0 Å². The van der Waals surface area contributed by atoms with Crippen LogP contribution in [0.25, 0.3) is 0 Å². The summed E-state index contributed by atoms with van der Waals surface area (Å²) in [4.78, 5) is 14.3. The lowest BCUT2D eigenvalue weighted by atomic mass is 10.0. The molecule has 2 rings (SSSR count). The highest BCUT2D eigenvalue weighted by atomic mass is 35.5. The van der Waals surface area contributed by atoms with Crippen molar-refractivity contribution in [1.82, 2.24) is 4.90 Å². The number of carbonyl (C=O) groups excluding carboxylic acids is 1. The third-order valence-electron chi connectivity index (χ3n) is 4.12. The van der Waals surface area contributed by atoms with Crippen molar-refractivity contribution < 1.29 is 17.6 Å². The second-order valence-electron chi connectivity index (χ2n) is 5.89. The van der Waals surface area contributed by atoms with Gasteiger partial charge in [-0.15, -0.1) is 0 Å². The van der Waals surface area contributed by atoms with Crippen LogP contribution in [-0.2, 0) is 21.2 Å². The molecular formula is C16H21ClFNO3S. The third kappa shape index (κ3) is 4.67. The molecule has 1 aromatic rings. The third-order valence-corrected chi connectivity index (χ3v) is 6.19. The quantitative estimate of drug-likeness (QED) is 0.810. The Balaban J connectivity index is 2.13. The van der Waals surface area contributed by atoms with E-state index in [9.17, 15) is 17.6 Å². The molecular weight excluding hydrogens is 341 g/mol. The summed E-state index contributed by atoms with van der Waals surface area (Å²) in [6, 6.07) is 4.45. The largest absolute Gasteiger partial charge is 0.338 e. The van der Waals surface area contributed by atoms with Crippen LogP contribution >= 0.6 is 11.6 Å². The summed E-state index contributed by atoms with van der Waals surface area (Å²) in [6.07, 6.45) is 1.42. The van der Waals surface area contributed by atoms with Gasteiger partial charge in [-0.25, -0.2) is 12.8 Å². The first-order chi connectivity index (χ1) is 10.8. The number of halogens is 2. The van der Waals surface area contributed by atoms with E-state index in [1.165, 1.54) is 12.1 Å². The molecule has 0 atom stereocenters. The summed E-state index contributed by atoms with van der Waals surface area (Å²) in [5.74, 6) is -0.762. The van der Waals surface area contributed by atoms with Crippen molar-refractivity contribution in [2.24, 2.45) is 5.92 Å². The highest BCUT2D eigenvalue weighted by molar-refractivity contribution is 7.91. The van der Waals surface area contributed by atoms with Gasteiger partial charge in [0.1, 0.15) is 15.7 Å². The minimum Gasteiger partial charge on any atom is -0.338 e.